The number of amides is 2. The summed E-state index contributed by atoms with van der Waals surface area (Å²) in [4.78, 5) is 38.4. The van der Waals surface area contributed by atoms with E-state index in [2.05, 4.69) is 5.32 Å². The van der Waals surface area contributed by atoms with E-state index in [1.807, 2.05) is 50.5 Å². The molecule has 9 nitrogen and oxygen atoms in total. The molecule has 0 spiro atoms. The summed E-state index contributed by atoms with van der Waals surface area (Å²) < 4.78 is 7.26. The van der Waals surface area contributed by atoms with E-state index in [0.29, 0.717) is 22.7 Å². The lowest BCUT2D eigenvalue weighted by Crippen LogP contribution is -2.54. The molecular weight excluding hydrogens is 480 g/mol. The summed E-state index contributed by atoms with van der Waals surface area (Å²) in [7, 11) is 1.44. The zero-order valence-corrected chi connectivity index (χ0v) is 21.2. The van der Waals surface area contributed by atoms with Gasteiger partial charge in [-0.1, -0.05) is 12.1 Å². The van der Waals surface area contributed by atoms with Crippen LogP contribution < -0.4 is 15.0 Å². The number of aromatic nitrogens is 1. The van der Waals surface area contributed by atoms with Crippen LogP contribution in [-0.2, 0) is 9.59 Å². The number of anilines is 1. The Morgan fingerprint density at radius 3 is 2.44 bits per heavy atom. The fourth-order valence-electron chi connectivity index (χ4n) is 4.28. The van der Waals surface area contributed by atoms with Gasteiger partial charge in [0.1, 0.15) is 11.3 Å². The summed E-state index contributed by atoms with van der Waals surface area (Å²) in [5.74, 6) is -0.775. The molecular formula is C26H24N4O5S. The highest BCUT2D eigenvalue weighted by atomic mass is 32.1. The first-order valence-corrected chi connectivity index (χ1v) is 11.5. The second-order valence-electron chi connectivity index (χ2n) is 8.45. The number of ether oxygens (including phenoxy) is 1. The van der Waals surface area contributed by atoms with E-state index >= 15 is 0 Å². The van der Waals surface area contributed by atoms with Gasteiger partial charge in [-0.25, -0.2) is 0 Å². The van der Waals surface area contributed by atoms with Crippen molar-refractivity contribution in [3.05, 3.63) is 86.2 Å². The van der Waals surface area contributed by atoms with Crippen LogP contribution in [0.1, 0.15) is 28.1 Å². The summed E-state index contributed by atoms with van der Waals surface area (Å²) in [6.07, 6.45) is 1.54. The Bertz CT molecular complexity index is 1490. The van der Waals surface area contributed by atoms with Crippen LogP contribution in [0.4, 0.5) is 11.4 Å². The Balaban J connectivity index is 1.80. The van der Waals surface area contributed by atoms with Crippen molar-refractivity contribution in [1.82, 2.24) is 9.88 Å². The largest absolute Gasteiger partial charge is 0.494 e. The minimum absolute atomic E-state index is 0.0249. The SMILES string of the molecule is COc1cc([N+](=O)[O-])ccc1-n1c(C)cc(/C=C2\C(=O)NC(=S)N(c3cccc(C)c3C)C2=O)c1C. The van der Waals surface area contributed by atoms with Crippen LogP contribution in [0, 0.1) is 37.8 Å². The van der Waals surface area contributed by atoms with Crippen LogP contribution in [0.15, 0.2) is 48.0 Å². The molecule has 2 heterocycles. The quantitative estimate of drug-likeness (QED) is 0.181. The number of hydrogen-bond acceptors (Lipinski definition) is 6. The average molecular weight is 505 g/mol. The Morgan fingerprint density at radius 2 is 1.78 bits per heavy atom. The van der Waals surface area contributed by atoms with Crippen molar-refractivity contribution in [3.63, 3.8) is 0 Å². The number of hydrogen-bond donors (Lipinski definition) is 1. The van der Waals surface area contributed by atoms with E-state index in [9.17, 15) is 19.7 Å². The highest BCUT2D eigenvalue weighted by Gasteiger charge is 2.35. The lowest BCUT2D eigenvalue weighted by atomic mass is 10.0. The smallest absolute Gasteiger partial charge is 0.273 e. The summed E-state index contributed by atoms with van der Waals surface area (Å²) in [5, 5.41) is 13.8. The molecule has 3 aromatic rings. The van der Waals surface area contributed by atoms with Crippen molar-refractivity contribution in [1.29, 1.82) is 0 Å². The lowest BCUT2D eigenvalue weighted by molar-refractivity contribution is -0.384. The number of benzene rings is 2. The van der Waals surface area contributed by atoms with Gasteiger partial charge in [0.25, 0.3) is 17.5 Å². The van der Waals surface area contributed by atoms with Crippen LogP contribution in [0.2, 0.25) is 0 Å². The molecule has 184 valence electrons. The highest BCUT2D eigenvalue weighted by molar-refractivity contribution is 7.80. The Kier molecular flexibility index (Phi) is 6.47. The van der Waals surface area contributed by atoms with E-state index < -0.39 is 16.7 Å². The summed E-state index contributed by atoms with van der Waals surface area (Å²) in [6.45, 7) is 7.52. The van der Waals surface area contributed by atoms with Gasteiger partial charge in [0.05, 0.1) is 29.5 Å². The molecule has 4 rings (SSSR count). The molecule has 10 heteroatoms. The first kappa shape index (κ1) is 24.8. The van der Waals surface area contributed by atoms with Crippen LogP contribution in [0.5, 0.6) is 5.75 Å². The fourth-order valence-corrected chi connectivity index (χ4v) is 4.55. The van der Waals surface area contributed by atoms with Crippen LogP contribution in [-0.4, -0.2) is 33.5 Å². The molecule has 0 radical (unpaired) electrons. The predicted octanol–water partition coefficient (Wildman–Crippen LogP) is 4.46. The van der Waals surface area contributed by atoms with Gasteiger partial charge in [0.15, 0.2) is 5.11 Å². The van der Waals surface area contributed by atoms with Crippen molar-refractivity contribution in [3.8, 4) is 11.4 Å². The third-order valence-electron chi connectivity index (χ3n) is 6.30. The Morgan fingerprint density at radius 1 is 1.06 bits per heavy atom. The number of methoxy groups -OCH3 is 1. The molecule has 1 fully saturated rings. The maximum Gasteiger partial charge on any atom is 0.273 e. The number of nitro groups is 1. The second kappa shape index (κ2) is 9.38. The zero-order valence-electron chi connectivity index (χ0n) is 20.4. The molecule has 0 aliphatic carbocycles. The summed E-state index contributed by atoms with van der Waals surface area (Å²) in [6, 6.07) is 11.7. The number of rotatable bonds is 5. The molecule has 0 saturated carbocycles. The number of nitrogens with one attached hydrogen (secondary N) is 1. The number of carbonyl (C=O) groups excluding carboxylic acids is 2. The van der Waals surface area contributed by atoms with E-state index in [4.69, 9.17) is 17.0 Å². The van der Waals surface area contributed by atoms with Crippen LogP contribution in [0.25, 0.3) is 11.8 Å². The fraction of sp³-hybridized carbons (Fsp3) is 0.192. The monoisotopic (exact) mass is 504 g/mol. The number of nitrogens with zero attached hydrogens (tertiary/aromatic N) is 3. The molecule has 1 saturated heterocycles. The van der Waals surface area contributed by atoms with Gasteiger partial charge in [-0.2, -0.15) is 0 Å². The second-order valence-corrected chi connectivity index (χ2v) is 8.84. The number of aryl methyl sites for hydroxylation is 2. The van der Waals surface area contributed by atoms with Gasteiger partial charge in [-0.3, -0.25) is 29.9 Å². The zero-order chi connectivity index (χ0) is 26.3. The normalized spacial score (nSPS) is 14.9. The molecule has 1 aromatic heterocycles. The molecule has 0 atom stereocenters. The first-order chi connectivity index (χ1) is 17.0. The molecule has 1 aliphatic heterocycles. The number of carbonyl (C=O) groups is 2. The minimum atomic E-state index is -0.579. The lowest BCUT2D eigenvalue weighted by Gasteiger charge is -2.30. The van der Waals surface area contributed by atoms with E-state index in [1.165, 1.54) is 30.2 Å². The molecule has 1 N–H and O–H groups in total. The maximum atomic E-state index is 13.5. The van der Waals surface area contributed by atoms with Gasteiger partial charge in [0.2, 0.25) is 0 Å². The maximum absolute atomic E-state index is 13.5. The molecule has 36 heavy (non-hydrogen) atoms. The van der Waals surface area contributed by atoms with Crippen LogP contribution >= 0.6 is 12.2 Å². The van der Waals surface area contributed by atoms with Crippen molar-refractivity contribution in [2.45, 2.75) is 27.7 Å². The number of thiocarbonyl (C=S) groups is 1. The van der Waals surface area contributed by atoms with Gasteiger partial charge in [-0.15, -0.1) is 0 Å². The highest BCUT2D eigenvalue weighted by Crippen LogP contribution is 2.33. The Labute approximate surface area is 213 Å². The third-order valence-corrected chi connectivity index (χ3v) is 6.59. The van der Waals surface area contributed by atoms with E-state index in [1.54, 1.807) is 12.1 Å². The van der Waals surface area contributed by atoms with Gasteiger partial charge < -0.3 is 9.30 Å². The third kappa shape index (κ3) is 4.16. The standard InChI is InChI=1S/C26H24N4O5S/c1-14-7-6-8-21(16(14)3)29-25(32)20(24(31)27-26(29)36)12-18-11-15(2)28(17(18)4)22-10-9-19(30(33)34)13-23(22)35-5/h6-13H,1-5H3,(H,27,31,36)/b20-12+. The van der Waals surface area contributed by atoms with E-state index in [0.717, 1.165) is 22.5 Å². The average Bonchev–Trinajstić information content (AvgIpc) is 3.11. The van der Waals surface area contributed by atoms with Crippen molar-refractivity contribution in [2.75, 3.05) is 12.0 Å². The number of non-ortho nitro benzene ring substituents is 1. The molecule has 2 aromatic carbocycles. The topological polar surface area (TPSA) is 107 Å². The Hall–Kier alpha value is -4.31. The number of nitro benzene ring substituents is 1. The van der Waals surface area contributed by atoms with Crippen molar-refractivity contribution in [2.24, 2.45) is 0 Å². The summed E-state index contributed by atoms with van der Waals surface area (Å²) in [5.41, 5.74) is 5.08. The predicted molar refractivity (Wildman–Crippen MR) is 141 cm³/mol. The first-order valence-electron chi connectivity index (χ1n) is 11.0. The molecule has 0 unspecified atom stereocenters. The van der Waals surface area contributed by atoms with Gasteiger partial charge in [0, 0.05) is 17.5 Å². The van der Waals surface area contributed by atoms with Crippen molar-refractivity contribution >= 4 is 46.6 Å². The van der Waals surface area contributed by atoms with Gasteiger partial charge in [-0.05, 0) is 80.9 Å². The minimum Gasteiger partial charge on any atom is -0.494 e. The van der Waals surface area contributed by atoms with Crippen LogP contribution in [0.3, 0.4) is 0 Å². The molecule has 1 aliphatic rings. The molecule has 0 bridgehead atoms. The molecule has 2 amide bonds. The van der Waals surface area contributed by atoms with E-state index in [-0.39, 0.29) is 16.4 Å². The van der Waals surface area contributed by atoms with Crippen molar-refractivity contribution < 1.29 is 19.2 Å². The summed E-state index contributed by atoms with van der Waals surface area (Å²) >= 11 is 5.33. The van der Waals surface area contributed by atoms with Gasteiger partial charge >= 0.3 is 0 Å².